The van der Waals surface area contributed by atoms with Gasteiger partial charge in [-0.15, -0.1) is 0 Å². The van der Waals surface area contributed by atoms with Crippen LogP contribution >= 0.6 is 11.6 Å². The minimum Gasteiger partial charge on any atom is -0.494 e. The standard InChI is InChI=1S/C26H25ClN2O4/c1-14-6-8-19(9-7-14)13-29-25(31)21(12-28)17(4)22(26(29)32)24(30)18(5)33-20-10-15(2)23(27)16(3)11-20/h6-11,18,32H,13H2,1-5H3. The Morgan fingerprint density at radius 2 is 1.73 bits per heavy atom. The maximum Gasteiger partial charge on any atom is 0.271 e. The Morgan fingerprint density at radius 3 is 2.27 bits per heavy atom. The summed E-state index contributed by atoms with van der Waals surface area (Å²) < 4.78 is 6.89. The first-order valence-electron chi connectivity index (χ1n) is 10.4. The third kappa shape index (κ3) is 4.79. The van der Waals surface area contributed by atoms with E-state index in [1.54, 1.807) is 19.1 Å². The van der Waals surface area contributed by atoms with Crippen molar-refractivity contribution in [2.75, 3.05) is 0 Å². The summed E-state index contributed by atoms with van der Waals surface area (Å²) in [6.07, 6.45) is -0.980. The van der Waals surface area contributed by atoms with E-state index < -0.39 is 23.3 Å². The molecular weight excluding hydrogens is 440 g/mol. The van der Waals surface area contributed by atoms with E-state index in [0.29, 0.717) is 10.8 Å². The number of aromatic nitrogens is 1. The molecule has 1 N–H and O–H groups in total. The van der Waals surface area contributed by atoms with Crippen LogP contribution in [0.5, 0.6) is 11.6 Å². The lowest BCUT2D eigenvalue weighted by Gasteiger charge is -2.19. The van der Waals surface area contributed by atoms with Gasteiger partial charge in [-0.2, -0.15) is 5.26 Å². The number of carbonyl (C=O) groups excluding carboxylic acids is 1. The number of hydrogen-bond donors (Lipinski definition) is 1. The predicted octanol–water partition coefficient (Wildman–Crippen LogP) is 5.01. The van der Waals surface area contributed by atoms with Crippen LogP contribution in [-0.4, -0.2) is 21.6 Å². The van der Waals surface area contributed by atoms with Gasteiger partial charge in [0.1, 0.15) is 17.4 Å². The number of carbonyl (C=O) groups is 1. The highest BCUT2D eigenvalue weighted by molar-refractivity contribution is 6.32. The Morgan fingerprint density at radius 1 is 1.15 bits per heavy atom. The average Bonchev–Trinajstić information content (AvgIpc) is 2.76. The molecule has 0 radical (unpaired) electrons. The molecule has 0 spiro atoms. The second-order valence-electron chi connectivity index (χ2n) is 8.18. The predicted molar refractivity (Wildman–Crippen MR) is 127 cm³/mol. The van der Waals surface area contributed by atoms with Gasteiger partial charge in [0, 0.05) is 5.02 Å². The zero-order valence-electron chi connectivity index (χ0n) is 19.2. The van der Waals surface area contributed by atoms with E-state index in [0.717, 1.165) is 26.8 Å². The highest BCUT2D eigenvalue weighted by Crippen LogP contribution is 2.29. The second kappa shape index (κ2) is 9.51. The minimum atomic E-state index is -0.980. The lowest BCUT2D eigenvalue weighted by molar-refractivity contribution is 0.0812. The van der Waals surface area contributed by atoms with Gasteiger partial charge >= 0.3 is 0 Å². The van der Waals surface area contributed by atoms with Gasteiger partial charge < -0.3 is 9.84 Å². The van der Waals surface area contributed by atoms with Crippen LogP contribution in [0.4, 0.5) is 0 Å². The molecule has 0 aliphatic heterocycles. The van der Waals surface area contributed by atoms with Crippen LogP contribution in [0.2, 0.25) is 5.02 Å². The van der Waals surface area contributed by atoms with Crippen molar-refractivity contribution in [3.05, 3.63) is 90.7 Å². The Hall–Kier alpha value is -3.56. The van der Waals surface area contributed by atoms with Crippen molar-refractivity contribution in [2.24, 2.45) is 0 Å². The van der Waals surface area contributed by atoms with Gasteiger partial charge in [0.2, 0.25) is 11.7 Å². The van der Waals surface area contributed by atoms with Gasteiger partial charge in [-0.3, -0.25) is 14.2 Å². The normalized spacial score (nSPS) is 11.7. The van der Waals surface area contributed by atoms with E-state index in [-0.39, 0.29) is 23.2 Å². The fraction of sp³-hybridized carbons (Fsp3) is 0.269. The zero-order chi connectivity index (χ0) is 24.4. The topological polar surface area (TPSA) is 92.3 Å². The third-order valence-electron chi connectivity index (χ3n) is 5.60. The average molecular weight is 465 g/mol. The Balaban J connectivity index is 2.04. The highest BCUT2D eigenvalue weighted by atomic mass is 35.5. The van der Waals surface area contributed by atoms with Gasteiger partial charge in [-0.25, -0.2) is 0 Å². The number of hydrogen-bond acceptors (Lipinski definition) is 5. The van der Waals surface area contributed by atoms with Crippen LogP contribution in [0.3, 0.4) is 0 Å². The minimum absolute atomic E-state index is 0.0188. The summed E-state index contributed by atoms with van der Waals surface area (Å²) in [6, 6.07) is 12.8. The molecule has 1 heterocycles. The van der Waals surface area contributed by atoms with Crippen LogP contribution in [0.1, 0.15) is 50.7 Å². The third-order valence-corrected chi connectivity index (χ3v) is 6.20. The molecule has 0 aliphatic carbocycles. The molecule has 1 atom stereocenters. The first-order chi connectivity index (χ1) is 15.5. The van der Waals surface area contributed by atoms with E-state index in [9.17, 15) is 20.0 Å². The quantitative estimate of drug-likeness (QED) is 0.517. The van der Waals surface area contributed by atoms with E-state index in [4.69, 9.17) is 16.3 Å². The molecule has 3 aromatic rings. The molecule has 2 aromatic carbocycles. The van der Waals surface area contributed by atoms with Crippen molar-refractivity contribution < 1.29 is 14.6 Å². The number of benzene rings is 2. The van der Waals surface area contributed by atoms with Crippen molar-refractivity contribution in [1.82, 2.24) is 4.57 Å². The number of ketones is 1. The maximum atomic E-state index is 13.3. The molecule has 0 fully saturated rings. The zero-order valence-corrected chi connectivity index (χ0v) is 19.9. The summed E-state index contributed by atoms with van der Waals surface area (Å²) in [6.45, 7) is 8.67. The largest absolute Gasteiger partial charge is 0.494 e. The molecule has 1 aromatic heterocycles. The van der Waals surface area contributed by atoms with E-state index >= 15 is 0 Å². The first-order valence-corrected chi connectivity index (χ1v) is 10.8. The van der Waals surface area contributed by atoms with E-state index in [2.05, 4.69) is 0 Å². The molecule has 1 unspecified atom stereocenters. The monoisotopic (exact) mass is 464 g/mol. The van der Waals surface area contributed by atoms with Crippen molar-refractivity contribution in [2.45, 2.75) is 47.3 Å². The van der Waals surface area contributed by atoms with Crippen molar-refractivity contribution in [1.29, 1.82) is 5.26 Å². The fourth-order valence-corrected chi connectivity index (χ4v) is 3.81. The summed E-state index contributed by atoms with van der Waals surface area (Å²) in [4.78, 5) is 26.2. The van der Waals surface area contributed by atoms with Crippen LogP contribution in [0, 0.1) is 39.0 Å². The second-order valence-corrected chi connectivity index (χ2v) is 8.56. The SMILES string of the molecule is Cc1ccc(Cn2c(O)c(C(=O)C(C)Oc3cc(C)c(Cl)c(C)c3)c(C)c(C#N)c2=O)cc1. The van der Waals surface area contributed by atoms with Gasteiger partial charge in [0.05, 0.1) is 12.1 Å². The lowest BCUT2D eigenvalue weighted by Crippen LogP contribution is -2.31. The van der Waals surface area contributed by atoms with Gasteiger partial charge in [-0.05, 0) is 69.0 Å². The van der Waals surface area contributed by atoms with Crippen molar-refractivity contribution in [3.8, 4) is 17.7 Å². The van der Waals surface area contributed by atoms with Crippen molar-refractivity contribution >= 4 is 17.4 Å². The van der Waals surface area contributed by atoms with E-state index in [1.807, 2.05) is 51.1 Å². The van der Waals surface area contributed by atoms with Crippen LogP contribution in [0.25, 0.3) is 0 Å². The van der Waals surface area contributed by atoms with Gasteiger partial charge in [0.15, 0.2) is 6.10 Å². The Bertz CT molecular complexity index is 1310. The number of pyridine rings is 1. The number of nitriles is 1. The van der Waals surface area contributed by atoms with Gasteiger partial charge in [-0.1, -0.05) is 41.4 Å². The number of ether oxygens (including phenoxy) is 1. The Kier molecular flexibility index (Phi) is 6.95. The summed E-state index contributed by atoms with van der Waals surface area (Å²) in [5, 5.41) is 21.2. The summed E-state index contributed by atoms with van der Waals surface area (Å²) in [5.41, 5.74) is 2.60. The number of aromatic hydroxyl groups is 1. The molecule has 3 rings (SSSR count). The van der Waals surface area contributed by atoms with Gasteiger partial charge in [0.25, 0.3) is 5.56 Å². The van der Waals surface area contributed by atoms with Crippen LogP contribution in [-0.2, 0) is 6.54 Å². The molecule has 0 saturated heterocycles. The maximum absolute atomic E-state index is 13.3. The molecule has 170 valence electrons. The fourth-order valence-electron chi connectivity index (χ4n) is 3.70. The highest BCUT2D eigenvalue weighted by Gasteiger charge is 2.28. The number of nitrogens with zero attached hydrogens (tertiary/aromatic N) is 2. The summed E-state index contributed by atoms with van der Waals surface area (Å²) in [5.74, 6) is -0.564. The van der Waals surface area contributed by atoms with Crippen LogP contribution < -0.4 is 10.3 Å². The molecule has 0 aliphatic rings. The molecule has 33 heavy (non-hydrogen) atoms. The summed E-state index contributed by atoms with van der Waals surface area (Å²) in [7, 11) is 0. The number of Topliss-reactive ketones (excluding diaryl/α,β-unsaturated/α-hetero) is 1. The lowest BCUT2D eigenvalue weighted by atomic mass is 9.99. The Labute approximate surface area is 197 Å². The smallest absolute Gasteiger partial charge is 0.271 e. The first kappa shape index (κ1) is 24.1. The molecule has 6 nitrogen and oxygen atoms in total. The van der Waals surface area contributed by atoms with E-state index in [1.165, 1.54) is 6.92 Å². The van der Waals surface area contributed by atoms with Crippen molar-refractivity contribution in [3.63, 3.8) is 0 Å². The molecule has 0 amide bonds. The molecule has 7 heteroatoms. The van der Waals surface area contributed by atoms with Crippen LogP contribution in [0.15, 0.2) is 41.2 Å². The number of rotatable bonds is 6. The number of aryl methyl sites for hydroxylation is 3. The molecule has 0 bridgehead atoms. The summed E-state index contributed by atoms with van der Waals surface area (Å²) >= 11 is 6.21. The molecular formula is C26H25ClN2O4. The molecule has 0 saturated carbocycles. The number of halogens is 1.